The van der Waals surface area contributed by atoms with Crippen LogP contribution in [0.3, 0.4) is 0 Å². The SMILES string of the molecule is COc1ccc(C(c2ccnc3ccccc23)N2CCNCC2)cc1OC. The molecule has 2 aromatic carbocycles. The highest BCUT2D eigenvalue weighted by Crippen LogP contribution is 2.37. The van der Waals surface area contributed by atoms with Crippen LogP contribution in [-0.2, 0) is 0 Å². The van der Waals surface area contributed by atoms with Crippen molar-refractivity contribution in [2.45, 2.75) is 6.04 Å². The number of rotatable bonds is 5. The third-order valence-corrected chi connectivity index (χ3v) is 5.22. The second-order valence-electron chi connectivity index (χ2n) is 6.72. The van der Waals surface area contributed by atoms with Gasteiger partial charge in [0.05, 0.1) is 25.8 Å². The maximum absolute atomic E-state index is 5.57. The molecule has 140 valence electrons. The molecule has 1 aliphatic rings. The zero-order chi connectivity index (χ0) is 18.6. The van der Waals surface area contributed by atoms with Gasteiger partial charge in [-0.3, -0.25) is 9.88 Å². The summed E-state index contributed by atoms with van der Waals surface area (Å²) in [5.74, 6) is 1.51. The van der Waals surface area contributed by atoms with E-state index in [-0.39, 0.29) is 6.04 Å². The summed E-state index contributed by atoms with van der Waals surface area (Å²) >= 11 is 0. The standard InChI is InChI=1S/C22H25N3O2/c1-26-20-8-7-16(15-21(20)27-2)22(25-13-11-23-12-14-25)18-9-10-24-19-6-4-3-5-17(18)19/h3-10,15,22-23H,11-14H2,1-2H3. The van der Waals surface area contributed by atoms with Crippen LogP contribution in [0.1, 0.15) is 17.2 Å². The van der Waals surface area contributed by atoms with Gasteiger partial charge in [0.25, 0.3) is 0 Å². The molecule has 0 radical (unpaired) electrons. The van der Waals surface area contributed by atoms with Gasteiger partial charge in [-0.25, -0.2) is 0 Å². The monoisotopic (exact) mass is 363 g/mol. The Morgan fingerprint density at radius 2 is 1.74 bits per heavy atom. The normalized spacial score (nSPS) is 16.2. The minimum Gasteiger partial charge on any atom is -0.493 e. The molecule has 27 heavy (non-hydrogen) atoms. The Morgan fingerprint density at radius 3 is 2.52 bits per heavy atom. The van der Waals surface area contributed by atoms with Crippen molar-refractivity contribution in [3.8, 4) is 11.5 Å². The number of benzene rings is 2. The molecular formula is C22H25N3O2. The lowest BCUT2D eigenvalue weighted by Gasteiger charge is -2.36. The Kier molecular flexibility index (Phi) is 5.23. The van der Waals surface area contributed by atoms with E-state index >= 15 is 0 Å². The first kappa shape index (κ1) is 17.8. The molecule has 0 amide bonds. The van der Waals surface area contributed by atoms with Crippen molar-refractivity contribution >= 4 is 10.9 Å². The van der Waals surface area contributed by atoms with Gasteiger partial charge in [-0.05, 0) is 35.4 Å². The molecule has 1 aromatic heterocycles. The summed E-state index contributed by atoms with van der Waals surface area (Å²) in [7, 11) is 3.35. The number of para-hydroxylation sites is 1. The third-order valence-electron chi connectivity index (χ3n) is 5.22. The van der Waals surface area contributed by atoms with Crippen molar-refractivity contribution < 1.29 is 9.47 Å². The van der Waals surface area contributed by atoms with E-state index in [9.17, 15) is 0 Å². The lowest BCUT2D eigenvalue weighted by atomic mass is 9.93. The van der Waals surface area contributed by atoms with Crippen LogP contribution >= 0.6 is 0 Å². The van der Waals surface area contributed by atoms with E-state index in [4.69, 9.17) is 9.47 Å². The third kappa shape index (κ3) is 3.48. The van der Waals surface area contributed by atoms with Crippen LogP contribution in [-0.4, -0.2) is 50.3 Å². The Hall–Kier alpha value is -2.63. The molecule has 1 N–H and O–H groups in total. The van der Waals surface area contributed by atoms with Gasteiger partial charge in [-0.15, -0.1) is 0 Å². The van der Waals surface area contributed by atoms with Gasteiger partial charge in [0.2, 0.25) is 0 Å². The van der Waals surface area contributed by atoms with Crippen molar-refractivity contribution in [3.05, 3.63) is 65.9 Å². The second-order valence-corrected chi connectivity index (χ2v) is 6.72. The quantitative estimate of drug-likeness (QED) is 0.754. The molecule has 3 aromatic rings. The highest BCUT2D eigenvalue weighted by Gasteiger charge is 2.26. The van der Waals surface area contributed by atoms with E-state index in [1.54, 1.807) is 14.2 Å². The van der Waals surface area contributed by atoms with E-state index in [0.29, 0.717) is 0 Å². The molecule has 1 aliphatic heterocycles. The number of aromatic nitrogens is 1. The summed E-state index contributed by atoms with van der Waals surface area (Å²) in [5, 5.41) is 4.64. The lowest BCUT2D eigenvalue weighted by molar-refractivity contribution is 0.199. The Bertz CT molecular complexity index is 917. The maximum atomic E-state index is 5.57. The predicted molar refractivity (Wildman–Crippen MR) is 108 cm³/mol. The van der Waals surface area contributed by atoms with E-state index in [1.165, 1.54) is 16.5 Å². The number of hydrogen-bond donors (Lipinski definition) is 1. The van der Waals surface area contributed by atoms with Crippen molar-refractivity contribution in [2.24, 2.45) is 0 Å². The van der Waals surface area contributed by atoms with Crippen LogP contribution in [0.5, 0.6) is 11.5 Å². The number of pyridine rings is 1. The molecule has 0 spiro atoms. The van der Waals surface area contributed by atoms with Gasteiger partial charge in [0.1, 0.15) is 0 Å². The van der Waals surface area contributed by atoms with E-state index in [0.717, 1.165) is 43.2 Å². The van der Waals surface area contributed by atoms with Gasteiger partial charge in [-0.2, -0.15) is 0 Å². The second kappa shape index (κ2) is 7.94. The molecule has 5 nitrogen and oxygen atoms in total. The highest BCUT2D eigenvalue weighted by molar-refractivity contribution is 5.82. The molecule has 5 heteroatoms. The van der Waals surface area contributed by atoms with Crippen molar-refractivity contribution in [1.82, 2.24) is 15.2 Å². The maximum Gasteiger partial charge on any atom is 0.161 e. The Morgan fingerprint density at radius 1 is 0.963 bits per heavy atom. The van der Waals surface area contributed by atoms with Gasteiger partial charge in [0, 0.05) is 37.8 Å². The summed E-state index contributed by atoms with van der Waals surface area (Å²) in [6, 6.07) is 16.9. The molecule has 0 bridgehead atoms. The number of nitrogens with zero attached hydrogens (tertiary/aromatic N) is 2. The number of ether oxygens (including phenoxy) is 2. The molecule has 1 atom stereocenters. The van der Waals surface area contributed by atoms with Gasteiger partial charge in [0.15, 0.2) is 11.5 Å². The molecule has 4 rings (SSSR count). The fourth-order valence-corrected chi connectivity index (χ4v) is 3.91. The molecule has 0 saturated carbocycles. The summed E-state index contributed by atoms with van der Waals surface area (Å²) in [5.41, 5.74) is 3.50. The average molecular weight is 363 g/mol. The summed E-state index contributed by atoms with van der Waals surface area (Å²) in [6.07, 6.45) is 1.91. The topological polar surface area (TPSA) is 46.6 Å². The molecule has 2 heterocycles. The lowest BCUT2D eigenvalue weighted by Crippen LogP contribution is -2.45. The van der Waals surface area contributed by atoms with Crippen LogP contribution < -0.4 is 14.8 Å². The summed E-state index contributed by atoms with van der Waals surface area (Å²) < 4.78 is 11.0. The van der Waals surface area contributed by atoms with Gasteiger partial charge < -0.3 is 14.8 Å². The predicted octanol–water partition coefficient (Wildman–Crippen LogP) is 3.25. The van der Waals surface area contributed by atoms with Crippen LogP contribution in [0.15, 0.2) is 54.7 Å². The van der Waals surface area contributed by atoms with Crippen molar-refractivity contribution in [1.29, 1.82) is 0 Å². The Labute approximate surface area is 159 Å². The number of piperazine rings is 1. The number of methoxy groups -OCH3 is 2. The minimum atomic E-state index is 0.139. The molecule has 0 aliphatic carbocycles. The summed E-state index contributed by atoms with van der Waals surface area (Å²) in [6.45, 7) is 3.98. The molecule has 1 saturated heterocycles. The van der Waals surface area contributed by atoms with E-state index < -0.39 is 0 Å². The first-order valence-electron chi connectivity index (χ1n) is 9.32. The molecule has 1 fully saturated rings. The highest BCUT2D eigenvalue weighted by atomic mass is 16.5. The smallest absolute Gasteiger partial charge is 0.161 e. The average Bonchev–Trinajstić information content (AvgIpc) is 2.75. The van der Waals surface area contributed by atoms with Crippen LogP contribution in [0.4, 0.5) is 0 Å². The van der Waals surface area contributed by atoms with Gasteiger partial charge >= 0.3 is 0 Å². The van der Waals surface area contributed by atoms with E-state index in [2.05, 4.69) is 51.6 Å². The first-order chi connectivity index (χ1) is 13.3. The fraction of sp³-hybridized carbons (Fsp3) is 0.318. The number of nitrogens with one attached hydrogen (secondary N) is 1. The first-order valence-corrected chi connectivity index (χ1v) is 9.32. The van der Waals surface area contributed by atoms with Crippen molar-refractivity contribution in [2.75, 3.05) is 40.4 Å². The van der Waals surface area contributed by atoms with E-state index in [1.807, 2.05) is 18.3 Å². The van der Waals surface area contributed by atoms with Gasteiger partial charge in [-0.1, -0.05) is 24.3 Å². The fourth-order valence-electron chi connectivity index (χ4n) is 3.91. The number of fused-ring (bicyclic) bond motifs is 1. The van der Waals surface area contributed by atoms with Crippen LogP contribution in [0.2, 0.25) is 0 Å². The largest absolute Gasteiger partial charge is 0.493 e. The van der Waals surface area contributed by atoms with Crippen LogP contribution in [0.25, 0.3) is 10.9 Å². The zero-order valence-corrected chi connectivity index (χ0v) is 15.8. The van der Waals surface area contributed by atoms with Crippen LogP contribution in [0, 0.1) is 0 Å². The summed E-state index contributed by atoms with van der Waals surface area (Å²) in [4.78, 5) is 7.08. The molecule has 1 unspecified atom stereocenters. The number of hydrogen-bond acceptors (Lipinski definition) is 5. The molecular weight excluding hydrogens is 338 g/mol. The zero-order valence-electron chi connectivity index (χ0n) is 15.8. The van der Waals surface area contributed by atoms with Crippen molar-refractivity contribution in [3.63, 3.8) is 0 Å². The Balaban J connectivity index is 1.87. The minimum absolute atomic E-state index is 0.139.